The van der Waals surface area contributed by atoms with Gasteiger partial charge in [-0.1, -0.05) is 30.3 Å². The fourth-order valence-corrected chi connectivity index (χ4v) is 2.57. The van der Waals surface area contributed by atoms with Gasteiger partial charge < -0.3 is 10.1 Å². The fourth-order valence-electron chi connectivity index (χ4n) is 1.98. The maximum atomic E-state index is 12.1. The highest BCUT2D eigenvalue weighted by Gasteiger charge is 2.26. The van der Waals surface area contributed by atoms with Crippen LogP contribution in [0, 0.1) is 0 Å². The lowest BCUT2D eigenvalue weighted by Gasteiger charge is -2.18. The number of hydrogen-bond donors (Lipinski definition) is 1. The largest absolute Gasteiger partial charge is 0.488 e. The van der Waals surface area contributed by atoms with Crippen LogP contribution in [0.25, 0.3) is 10.8 Å². The molecule has 0 amide bonds. The van der Waals surface area contributed by atoms with Gasteiger partial charge in [-0.25, -0.2) is 0 Å². The van der Waals surface area contributed by atoms with Gasteiger partial charge in [-0.2, -0.15) is 13.2 Å². The third kappa shape index (κ3) is 4.61. The van der Waals surface area contributed by atoms with Crippen molar-refractivity contribution >= 4 is 26.7 Å². The SMILES string of the molecule is CC(CNCC(F)(F)F)Oc1ccc2ccccc2c1Br. The quantitative estimate of drug-likeness (QED) is 0.845. The third-order valence-corrected chi connectivity index (χ3v) is 3.73. The number of fused-ring (bicyclic) bond motifs is 1. The lowest BCUT2D eigenvalue weighted by molar-refractivity contribution is -0.125. The van der Waals surface area contributed by atoms with Crippen LogP contribution in [0.3, 0.4) is 0 Å². The van der Waals surface area contributed by atoms with Gasteiger partial charge in [-0.15, -0.1) is 0 Å². The van der Waals surface area contributed by atoms with Gasteiger partial charge in [0.1, 0.15) is 11.9 Å². The van der Waals surface area contributed by atoms with E-state index in [-0.39, 0.29) is 12.6 Å². The smallest absolute Gasteiger partial charge is 0.401 e. The van der Waals surface area contributed by atoms with Gasteiger partial charge in [-0.05, 0) is 39.7 Å². The number of benzene rings is 2. The molecule has 2 aromatic rings. The Morgan fingerprint density at radius 2 is 1.90 bits per heavy atom. The van der Waals surface area contributed by atoms with E-state index in [2.05, 4.69) is 21.2 Å². The Morgan fingerprint density at radius 1 is 1.19 bits per heavy atom. The van der Waals surface area contributed by atoms with E-state index in [1.165, 1.54) is 0 Å². The molecule has 6 heteroatoms. The van der Waals surface area contributed by atoms with Gasteiger partial charge >= 0.3 is 6.18 Å². The molecule has 0 fully saturated rings. The number of hydrogen-bond acceptors (Lipinski definition) is 2. The molecule has 114 valence electrons. The fraction of sp³-hybridized carbons (Fsp3) is 0.333. The Kier molecular flexibility index (Phi) is 5.11. The molecule has 2 rings (SSSR count). The van der Waals surface area contributed by atoms with E-state index in [0.717, 1.165) is 15.2 Å². The molecule has 1 unspecified atom stereocenters. The van der Waals surface area contributed by atoms with Crippen LogP contribution in [0.15, 0.2) is 40.9 Å². The number of halogens is 4. The van der Waals surface area contributed by atoms with Crippen LogP contribution < -0.4 is 10.1 Å². The zero-order chi connectivity index (χ0) is 15.5. The van der Waals surface area contributed by atoms with Crippen molar-refractivity contribution < 1.29 is 17.9 Å². The Bertz CT molecular complexity index is 615. The van der Waals surface area contributed by atoms with Gasteiger partial charge in [0.05, 0.1) is 11.0 Å². The molecule has 21 heavy (non-hydrogen) atoms. The third-order valence-electron chi connectivity index (χ3n) is 2.91. The zero-order valence-corrected chi connectivity index (χ0v) is 13.0. The first kappa shape index (κ1) is 16.1. The van der Waals surface area contributed by atoms with Gasteiger partial charge in [0.15, 0.2) is 0 Å². The van der Waals surface area contributed by atoms with Gasteiger partial charge in [0.2, 0.25) is 0 Å². The molecule has 0 aliphatic rings. The van der Waals surface area contributed by atoms with Gasteiger partial charge in [0.25, 0.3) is 0 Å². The summed E-state index contributed by atoms with van der Waals surface area (Å²) in [4.78, 5) is 0. The summed E-state index contributed by atoms with van der Waals surface area (Å²) in [5.41, 5.74) is 0. The first-order chi connectivity index (χ1) is 9.87. The van der Waals surface area contributed by atoms with Crippen LogP contribution in [0.4, 0.5) is 13.2 Å². The zero-order valence-electron chi connectivity index (χ0n) is 11.4. The highest BCUT2D eigenvalue weighted by molar-refractivity contribution is 9.10. The molecular formula is C15H15BrF3NO. The lowest BCUT2D eigenvalue weighted by Crippen LogP contribution is -2.35. The monoisotopic (exact) mass is 361 g/mol. The molecule has 0 aliphatic heterocycles. The summed E-state index contributed by atoms with van der Waals surface area (Å²) in [6, 6.07) is 11.5. The first-order valence-electron chi connectivity index (χ1n) is 6.48. The highest BCUT2D eigenvalue weighted by Crippen LogP contribution is 2.33. The maximum absolute atomic E-state index is 12.1. The normalized spacial score (nSPS) is 13.4. The van der Waals surface area contributed by atoms with E-state index in [4.69, 9.17) is 4.74 Å². The summed E-state index contributed by atoms with van der Waals surface area (Å²) in [6.07, 6.45) is -4.58. The molecule has 0 aliphatic carbocycles. The minimum Gasteiger partial charge on any atom is -0.488 e. The van der Waals surface area contributed by atoms with Crippen molar-refractivity contribution in [1.82, 2.24) is 5.32 Å². The Morgan fingerprint density at radius 3 is 2.62 bits per heavy atom. The van der Waals surface area contributed by atoms with Crippen molar-refractivity contribution in [3.8, 4) is 5.75 Å². The van der Waals surface area contributed by atoms with Gasteiger partial charge in [-0.3, -0.25) is 0 Å². The molecule has 1 atom stereocenters. The topological polar surface area (TPSA) is 21.3 Å². The van der Waals surface area contributed by atoms with Crippen molar-refractivity contribution in [2.45, 2.75) is 19.2 Å². The van der Waals surface area contributed by atoms with E-state index < -0.39 is 12.7 Å². The Hall–Kier alpha value is -1.27. The number of alkyl halides is 3. The second-order valence-electron chi connectivity index (χ2n) is 4.77. The van der Waals surface area contributed by atoms with Crippen LogP contribution >= 0.6 is 15.9 Å². The second kappa shape index (κ2) is 6.66. The van der Waals surface area contributed by atoms with Crippen LogP contribution in [0.5, 0.6) is 5.75 Å². The number of nitrogens with one attached hydrogen (secondary N) is 1. The summed E-state index contributed by atoms with van der Waals surface area (Å²) < 4.78 is 42.7. The molecular weight excluding hydrogens is 347 g/mol. The number of ether oxygens (including phenoxy) is 1. The molecule has 2 aromatic carbocycles. The molecule has 1 N–H and O–H groups in total. The summed E-state index contributed by atoms with van der Waals surface area (Å²) in [5.74, 6) is 0.620. The van der Waals surface area contributed by atoms with Crippen molar-refractivity contribution in [2.24, 2.45) is 0 Å². The molecule has 2 nitrogen and oxygen atoms in total. The molecule has 0 aromatic heterocycles. The van der Waals surface area contributed by atoms with Crippen LogP contribution in [-0.4, -0.2) is 25.4 Å². The standard InChI is InChI=1S/C15H15BrF3NO/c1-10(8-20-9-15(17,18)19)21-13-7-6-11-4-2-3-5-12(11)14(13)16/h2-7,10,20H,8-9H2,1H3. The van der Waals surface area contributed by atoms with E-state index in [9.17, 15) is 13.2 Å². The molecule has 0 spiro atoms. The number of rotatable bonds is 5. The summed E-state index contributed by atoms with van der Waals surface area (Å²) >= 11 is 3.48. The summed E-state index contributed by atoms with van der Waals surface area (Å²) in [6.45, 7) is 0.837. The summed E-state index contributed by atoms with van der Waals surface area (Å²) in [5, 5.41) is 4.41. The van der Waals surface area contributed by atoms with Crippen molar-refractivity contribution in [1.29, 1.82) is 0 Å². The Balaban J connectivity index is 2.01. The van der Waals surface area contributed by atoms with E-state index in [1.54, 1.807) is 6.92 Å². The summed E-state index contributed by atoms with van der Waals surface area (Å²) in [7, 11) is 0. The van der Waals surface area contributed by atoms with Crippen molar-refractivity contribution in [3.05, 3.63) is 40.9 Å². The predicted octanol–water partition coefficient (Wildman–Crippen LogP) is 4.52. The van der Waals surface area contributed by atoms with Crippen molar-refractivity contribution in [2.75, 3.05) is 13.1 Å². The van der Waals surface area contributed by atoms with Gasteiger partial charge in [0, 0.05) is 6.54 Å². The molecule has 0 saturated heterocycles. The van der Waals surface area contributed by atoms with Crippen molar-refractivity contribution in [3.63, 3.8) is 0 Å². The van der Waals surface area contributed by atoms with Crippen LogP contribution in [-0.2, 0) is 0 Å². The van der Waals surface area contributed by atoms with Crippen LogP contribution in [0.1, 0.15) is 6.92 Å². The minimum absolute atomic E-state index is 0.124. The Labute approximate surface area is 129 Å². The lowest BCUT2D eigenvalue weighted by atomic mass is 10.1. The molecule has 0 saturated carbocycles. The van der Waals surface area contributed by atoms with E-state index in [0.29, 0.717) is 5.75 Å². The highest BCUT2D eigenvalue weighted by atomic mass is 79.9. The first-order valence-corrected chi connectivity index (χ1v) is 7.27. The van der Waals surface area contributed by atoms with Crippen LogP contribution in [0.2, 0.25) is 0 Å². The van der Waals surface area contributed by atoms with E-state index in [1.807, 2.05) is 36.4 Å². The maximum Gasteiger partial charge on any atom is 0.401 e. The molecule has 0 bridgehead atoms. The second-order valence-corrected chi connectivity index (χ2v) is 5.57. The molecule has 0 heterocycles. The predicted molar refractivity (Wildman–Crippen MR) is 80.7 cm³/mol. The van der Waals surface area contributed by atoms with E-state index >= 15 is 0 Å². The average Bonchev–Trinajstić information content (AvgIpc) is 2.41. The average molecular weight is 362 g/mol. The minimum atomic E-state index is -4.21. The molecule has 0 radical (unpaired) electrons.